The second-order valence-electron chi connectivity index (χ2n) is 7.01. The van der Waals surface area contributed by atoms with Crippen molar-refractivity contribution in [1.82, 2.24) is 0 Å². The van der Waals surface area contributed by atoms with Crippen molar-refractivity contribution in [2.75, 3.05) is 29.9 Å². The first kappa shape index (κ1) is 20.2. The van der Waals surface area contributed by atoms with Gasteiger partial charge in [-0.2, -0.15) is 0 Å². The molecule has 2 aromatic carbocycles. The summed E-state index contributed by atoms with van der Waals surface area (Å²) in [5, 5.41) is 2.93. The first-order valence-corrected chi connectivity index (χ1v) is 10.4. The number of nitrogens with zero attached hydrogens (tertiary/aromatic N) is 1. The fourth-order valence-corrected chi connectivity index (χ4v) is 4.64. The van der Waals surface area contributed by atoms with Gasteiger partial charge in [0.05, 0.1) is 11.4 Å². The van der Waals surface area contributed by atoms with Crippen LogP contribution in [0, 0.1) is 11.6 Å². The van der Waals surface area contributed by atoms with Crippen molar-refractivity contribution in [3.05, 3.63) is 62.6 Å². The lowest BCUT2D eigenvalue weighted by Crippen LogP contribution is -2.30. The number of benzene rings is 2. The van der Waals surface area contributed by atoms with Crippen LogP contribution in [0.2, 0.25) is 5.02 Å². The molecule has 29 heavy (non-hydrogen) atoms. The molecule has 152 valence electrons. The molecule has 0 aromatic heterocycles. The predicted octanol–water partition coefficient (Wildman–Crippen LogP) is 5.48. The van der Waals surface area contributed by atoms with E-state index in [1.54, 1.807) is 12.1 Å². The van der Waals surface area contributed by atoms with Crippen LogP contribution in [-0.4, -0.2) is 25.6 Å². The molecule has 1 N–H and O–H groups in total. The van der Waals surface area contributed by atoms with Crippen molar-refractivity contribution >= 4 is 44.8 Å². The number of anilines is 2. The van der Waals surface area contributed by atoms with Gasteiger partial charge in [0.1, 0.15) is 24.0 Å². The van der Waals surface area contributed by atoms with Crippen LogP contribution >= 0.6 is 27.5 Å². The van der Waals surface area contributed by atoms with Crippen LogP contribution in [0.5, 0.6) is 5.75 Å². The first-order valence-electron chi connectivity index (χ1n) is 9.24. The van der Waals surface area contributed by atoms with E-state index in [4.69, 9.17) is 16.3 Å². The summed E-state index contributed by atoms with van der Waals surface area (Å²) in [6.45, 7) is 1.56. The number of hydrogen-bond acceptors (Lipinski definition) is 3. The van der Waals surface area contributed by atoms with Crippen molar-refractivity contribution in [3.63, 3.8) is 0 Å². The number of fused-ring (bicyclic) bond motifs is 1. The SMILES string of the molecule is O=C1CCc2c(OCC3=CCN(c4c(F)cc(Cl)cc4Br)CC3)ccc(F)c2N1. The Hall–Kier alpha value is -2.12. The van der Waals surface area contributed by atoms with Crippen LogP contribution in [-0.2, 0) is 11.2 Å². The minimum Gasteiger partial charge on any atom is -0.489 e. The Morgan fingerprint density at radius 3 is 2.72 bits per heavy atom. The summed E-state index contributed by atoms with van der Waals surface area (Å²) in [4.78, 5) is 13.5. The number of carbonyl (C=O) groups excluding carboxylic acids is 1. The van der Waals surface area contributed by atoms with Crippen LogP contribution in [0.25, 0.3) is 0 Å². The third-order valence-electron chi connectivity index (χ3n) is 5.10. The Balaban J connectivity index is 1.44. The van der Waals surface area contributed by atoms with Gasteiger partial charge < -0.3 is 15.0 Å². The minimum absolute atomic E-state index is 0.191. The zero-order chi connectivity index (χ0) is 20.5. The summed E-state index contributed by atoms with van der Waals surface area (Å²) in [5.41, 5.74) is 2.49. The van der Waals surface area contributed by atoms with Gasteiger partial charge in [0, 0.05) is 34.6 Å². The van der Waals surface area contributed by atoms with Crippen molar-refractivity contribution < 1.29 is 18.3 Å². The quantitative estimate of drug-likeness (QED) is 0.586. The van der Waals surface area contributed by atoms with Gasteiger partial charge in [0.15, 0.2) is 0 Å². The highest BCUT2D eigenvalue weighted by Crippen LogP contribution is 2.35. The maximum absolute atomic E-state index is 14.3. The Morgan fingerprint density at radius 2 is 2.00 bits per heavy atom. The predicted molar refractivity (Wildman–Crippen MR) is 113 cm³/mol. The molecular formula is C21H18BrClF2N2O2. The molecule has 1 amide bonds. The summed E-state index contributed by atoms with van der Waals surface area (Å²) in [7, 11) is 0. The van der Waals surface area contributed by atoms with Crippen LogP contribution in [0.4, 0.5) is 20.2 Å². The van der Waals surface area contributed by atoms with Gasteiger partial charge in [-0.1, -0.05) is 17.7 Å². The molecule has 2 heterocycles. The molecule has 2 aliphatic heterocycles. The number of carbonyl (C=O) groups is 1. The molecule has 0 spiro atoms. The lowest BCUT2D eigenvalue weighted by Gasteiger charge is -2.30. The number of rotatable bonds is 4. The Labute approximate surface area is 180 Å². The van der Waals surface area contributed by atoms with Gasteiger partial charge >= 0.3 is 0 Å². The molecular weight excluding hydrogens is 466 g/mol. The Kier molecular flexibility index (Phi) is 5.79. The number of hydrogen-bond donors (Lipinski definition) is 1. The van der Waals surface area contributed by atoms with Crippen LogP contribution in [0.3, 0.4) is 0 Å². The highest BCUT2D eigenvalue weighted by Gasteiger charge is 2.23. The smallest absolute Gasteiger partial charge is 0.224 e. The molecule has 4 rings (SSSR count). The van der Waals surface area contributed by atoms with Crippen molar-refractivity contribution in [2.24, 2.45) is 0 Å². The van der Waals surface area contributed by atoms with E-state index < -0.39 is 5.82 Å². The molecule has 0 saturated carbocycles. The molecule has 0 unspecified atom stereocenters. The van der Waals surface area contributed by atoms with E-state index in [1.165, 1.54) is 12.1 Å². The van der Waals surface area contributed by atoms with Crippen LogP contribution in [0.1, 0.15) is 18.4 Å². The van der Waals surface area contributed by atoms with Crippen molar-refractivity contribution in [3.8, 4) is 5.75 Å². The molecule has 0 fully saturated rings. The molecule has 0 bridgehead atoms. The number of halogens is 4. The topological polar surface area (TPSA) is 41.6 Å². The second-order valence-corrected chi connectivity index (χ2v) is 8.30. The number of amides is 1. The molecule has 2 aromatic rings. The van der Waals surface area contributed by atoms with Crippen LogP contribution in [0.15, 0.2) is 40.4 Å². The number of ether oxygens (including phenoxy) is 1. The summed E-state index contributed by atoms with van der Waals surface area (Å²) in [6, 6.07) is 5.89. The fourth-order valence-electron chi connectivity index (χ4n) is 3.61. The van der Waals surface area contributed by atoms with Crippen molar-refractivity contribution in [1.29, 1.82) is 0 Å². The normalized spacial score (nSPS) is 16.2. The van der Waals surface area contributed by atoms with Gasteiger partial charge in [-0.15, -0.1) is 0 Å². The summed E-state index contributed by atoms with van der Waals surface area (Å²) in [6.07, 6.45) is 3.49. The highest BCUT2D eigenvalue weighted by atomic mass is 79.9. The molecule has 2 aliphatic rings. The van der Waals surface area contributed by atoms with Crippen LogP contribution < -0.4 is 15.0 Å². The lowest BCUT2D eigenvalue weighted by molar-refractivity contribution is -0.116. The highest BCUT2D eigenvalue weighted by molar-refractivity contribution is 9.10. The zero-order valence-electron chi connectivity index (χ0n) is 15.4. The van der Waals surface area contributed by atoms with Gasteiger partial charge in [-0.25, -0.2) is 8.78 Å². The molecule has 4 nitrogen and oxygen atoms in total. The van der Waals surface area contributed by atoms with E-state index in [9.17, 15) is 13.6 Å². The van der Waals surface area contributed by atoms with E-state index in [0.29, 0.717) is 65.5 Å². The van der Waals surface area contributed by atoms with Crippen molar-refractivity contribution in [2.45, 2.75) is 19.3 Å². The monoisotopic (exact) mass is 482 g/mol. The third-order valence-corrected chi connectivity index (χ3v) is 5.92. The van der Waals surface area contributed by atoms with Gasteiger partial charge in [0.25, 0.3) is 0 Å². The second kappa shape index (κ2) is 8.32. The summed E-state index contributed by atoms with van der Waals surface area (Å²) < 4.78 is 34.9. The summed E-state index contributed by atoms with van der Waals surface area (Å²) >= 11 is 9.27. The van der Waals surface area contributed by atoms with E-state index >= 15 is 0 Å². The fraction of sp³-hybridized carbons (Fsp3) is 0.286. The van der Waals surface area contributed by atoms with E-state index in [2.05, 4.69) is 21.2 Å². The van der Waals surface area contributed by atoms with E-state index in [1.807, 2.05) is 11.0 Å². The van der Waals surface area contributed by atoms with E-state index in [-0.39, 0.29) is 17.4 Å². The average Bonchev–Trinajstić information content (AvgIpc) is 2.68. The molecule has 0 aliphatic carbocycles. The van der Waals surface area contributed by atoms with Gasteiger partial charge in [0.2, 0.25) is 5.91 Å². The molecule has 0 saturated heterocycles. The van der Waals surface area contributed by atoms with Gasteiger partial charge in [-0.05, 0) is 58.6 Å². The zero-order valence-corrected chi connectivity index (χ0v) is 17.7. The van der Waals surface area contributed by atoms with E-state index in [0.717, 1.165) is 5.57 Å². The molecule has 8 heteroatoms. The Bertz CT molecular complexity index is 989. The number of nitrogens with one attached hydrogen (secondary N) is 1. The molecule has 0 atom stereocenters. The minimum atomic E-state index is -0.455. The molecule has 0 radical (unpaired) electrons. The largest absolute Gasteiger partial charge is 0.489 e. The summed E-state index contributed by atoms with van der Waals surface area (Å²) in [5.74, 6) is -0.429. The third kappa shape index (κ3) is 4.26. The average molecular weight is 484 g/mol. The van der Waals surface area contributed by atoms with Gasteiger partial charge in [-0.3, -0.25) is 4.79 Å². The Morgan fingerprint density at radius 1 is 1.17 bits per heavy atom. The maximum Gasteiger partial charge on any atom is 0.224 e. The maximum atomic E-state index is 14.3. The standard InChI is InChI=1S/C21H18BrClF2N2O2/c22-15-9-13(23)10-17(25)21(15)27-7-5-12(6-8-27)11-29-18-3-2-16(24)20-14(18)1-4-19(28)26-20/h2-3,5,9-10H,1,4,6-8,11H2,(H,26,28). The lowest BCUT2D eigenvalue weighted by atomic mass is 10.0. The first-order chi connectivity index (χ1) is 13.9.